The number of carbonyl (C=O) groups excluding carboxylic acids is 2. The molecule has 1 amide bonds. The van der Waals surface area contributed by atoms with Crippen LogP contribution >= 0.6 is 0 Å². The average Bonchev–Trinajstić information content (AvgIpc) is 2.90. The van der Waals surface area contributed by atoms with E-state index in [0.717, 1.165) is 6.42 Å². The van der Waals surface area contributed by atoms with Crippen molar-refractivity contribution in [1.82, 2.24) is 5.32 Å². The van der Waals surface area contributed by atoms with Crippen LogP contribution in [0.1, 0.15) is 82.1 Å². The molecule has 1 heterocycles. The van der Waals surface area contributed by atoms with Crippen LogP contribution in [0, 0.1) is 47.3 Å². The predicted molar refractivity (Wildman–Crippen MR) is 158 cm³/mol. The molecule has 232 valence electrons. The third-order valence-electron chi connectivity index (χ3n) is 9.01. The Bertz CT molecular complexity index is 856. The number of carbonyl (C=O) groups is 2. The first-order chi connectivity index (χ1) is 18.5. The third kappa shape index (κ3) is 10.5. The maximum atomic E-state index is 12.0. The van der Waals surface area contributed by atoms with Crippen LogP contribution in [0.5, 0.6) is 0 Å². The van der Waals surface area contributed by atoms with E-state index in [2.05, 4.69) is 52.9 Å². The van der Waals surface area contributed by atoms with Gasteiger partial charge < -0.3 is 30.1 Å². The molecule has 1 fully saturated rings. The number of alkyl carbamates (subject to hydrolysis) is 1. The molecule has 0 saturated carbocycles. The zero-order chi connectivity index (χ0) is 30.9. The van der Waals surface area contributed by atoms with Crippen molar-refractivity contribution in [3.8, 4) is 0 Å². The van der Waals surface area contributed by atoms with Gasteiger partial charge in [0.15, 0.2) is 0 Å². The maximum absolute atomic E-state index is 12.0. The smallest absolute Gasteiger partial charge is 0.407 e. The van der Waals surface area contributed by atoms with Crippen molar-refractivity contribution in [2.75, 3.05) is 7.05 Å². The summed E-state index contributed by atoms with van der Waals surface area (Å²) >= 11 is 0. The fourth-order valence-electron chi connectivity index (χ4n) is 5.81. The van der Waals surface area contributed by atoms with Gasteiger partial charge in [0.05, 0.1) is 24.2 Å². The highest BCUT2D eigenvalue weighted by Crippen LogP contribution is 2.33. The molecule has 8 heteroatoms. The summed E-state index contributed by atoms with van der Waals surface area (Å²) in [4.78, 5) is 23.8. The highest BCUT2D eigenvalue weighted by atomic mass is 16.6. The van der Waals surface area contributed by atoms with Gasteiger partial charge in [0.25, 0.3) is 0 Å². The molecule has 0 bridgehead atoms. The number of allylic oxidation sites excluding steroid dienone is 1. The summed E-state index contributed by atoms with van der Waals surface area (Å²) in [6, 6.07) is 0. The second-order valence-corrected chi connectivity index (χ2v) is 12.8. The molecule has 12 atom stereocenters. The normalized spacial score (nSPS) is 28.3. The van der Waals surface area contributed by atoms with Crippen molar-refractivity contribution in [2.45, 2.75) is 113 Å². The van der Waals surface area contributed by atoms with Gasteiger partial charge in [-0.1, -0.05) is 79.2 Å². The molecule has 8 nitrogen and oxygen atoms in total. The molecule has 1 aliphatic heterocycles. The number of cyclic esters (lactones) is 1. The molecule has 0 aliphatic carbocycles. The highest BCUT2D eigenvalue weighted by molar-refractivity contribution is 5.73. The Morgan fingerprint density at radius 3 is 2.17 bits per heavy atom. The molecule has 1 aliphatic rings. The van der Waals surface area contributed by atoms with Crippen molar-refractivity contribution in [3.05, 3.63) is 23.8 Å². The van der Waals surface area contributed by atoms with Crippen LogP contribution in [0.3, 0.4) is 0 Å². The number of amides is 1. The molecule has 0 aromatic rings. The van der Waals surface area contributed by atoms with Crippen LogP contribution in [0.25, 0.3) is 0 Å². The van der Waals surface area contributed by atoms with E-state index < -0.39 is 42.4 Å². The third-order valence-corrected chi connectivity index (χ3v) is 9.01. The number of aliphatic hydroxyl groups excluding tert-OH is 3. The predicted octanol–water partition coefficient (Wildman–Crippen LogP) is 5.11. The quantitative estimate of drug-likeness (QED) is 0.170. The Balaban J connectivity index is 2.71. The Morgan fingerprint density at radius 2 is 1.62 bits per heavy atom. The Labute approximate surface area is 242 Å². The summed E-state index contributed by atoms with van der Waals surface area (Å²) < 4.78 is 11.1. The van der Waals surface area contributed by atoms with E-state index in [9.17, 15) is 24.9 Å². The molecule has 1 rings (SSSR count). The molecule has 0 radical (unpaired) electrons. The standard InChI is InChI=1S/C32H57NO7/c1-17(2)30(40-32(38)33-11)23(8)22(7)20(5)14-18(3)15-21(6)28(35)19(4)12-13-26(34)16-27-24(9)29(36)25(10)31(37)39-27/h12-13,15,17,19-30,34-36H,14,16H2,1-11H3,(H,33,38)/b13-12+,18-15-/t19-,20-,21-,22-,23-,24-,25+,26-,27?,28-,29-,30-/m0/s1. The van der Waals surface area contributed by atoms with Gasteiger partial charge in [-0.05, 0) is 43.9 Å². The van der Waals surface area contributed by atoms with E-state index in [0.29, 0.717) is 11.8 Å². The number of hydrogen-bond acceptors (Lipinski definition) is 7. The summed E-state index contributed by atoms with van der Waals surface area (Å²) in [5.41, 5.74) is 1.20. The highest BCUT2D eigenvalue weighted by Gasteiger charge is 2.40. The second-order valence-electron chi connectivity index (χ2n) is 12.8. The molecule has 4 N–H and O–H groups in total. The van der Waals surface area contributed by atoms with E-state index in [4.69, 9.17) is 9.47 Å². The van der Waals surface area contributed by atoms with Gasteiger partial charge in [-0.2, -0.15) is 0 Å². The minimum absolute atomic E-state index is 0.0901. The van der Waals surface area contributed by atoms with Gasteiger partial charge in [-0.15, -0.1) is 0 Å². The van der Waals surface area contributed by atoms with Crippen molar-refractivity contribution < 1.29 is 34.4 Å². The van der Waals surface area contributed by atoms with Gasteiger partial charge in [0.1, 0.15) is 12.2 Å². The van der Waals surface area contributed by atoms with Gasteiger partial charge in [0.2, 0.25) is 0 Å². The average molecular weight is 568 g/mol. The number of ether oxygens (including phenoxy) is 2. The lowest BCUT2D eigenvalue weighted by Crippen LogP contribution is -2.47. The lowest BCUT2D eigenvalue weighted by molar-refractivity contribution is -0.179. The topological polar surface area (TPSA) is 125 Å². The van der Waals surface area contributed by atoms with Gasteiger partial charge in [0, 0.05) is 31.2 Å². The van der Waals surface area contributed by atoms with Crippen LogP contribution in [-0.2, 0) is 14.3 Å². The lowest BCUT2D eigenvalue weighted by atomic mass is 9.76. The number of esters is 1. The summed E-state index contributed by atoms with van der Waals surface area (Å²) in [7, 11) is 1.57. The zero-order valence-electron chi connectivity index (χ0n) is 26.6. The van der Waals surface area contributed by atoms with Gasteiger partial charge in [-0.3, -0.25) is 4.79 Å². The molecule has 0 aromatic carbocycles. The van der Waals surface area contributed by atoms with Crippen LogP contribution in [0.15, 0.2) is 23.8 Å². The first kappa shape index (κ1) is 36.1. The van der Waals surface area contributed by atoms with E-state index >= 15 is 0 Å². The minimum atomic E-state index is -0.852. The molecule has 1 saturated heterocycles. The van der Waals surface area contributed by atoms with Crippen LogP contribution in [0.2, 0.25) is 0 Å². The summed E-state index contributed by atoms with van der Waals surface area (Å²) in [5.74, 6) is -0.495. The lowest BCUT2D eigenvalue weighted by Gasteiger charge is -2.36. The first-order valence-electron chi connectivity index (χ1n) is 15.0. The Morgan fingerprint density at radius 1 is 1.02 bits per heavy atom. The first-order valence-corrected chi connectivity index (χ1v) is 15.0. The fourth-order valence-corrected chi connectivity index (χ4v) is 5.81. The molecule has 0 aromatic heterocycles. The molecule has 1 unspecified atom stereocenters. The van der Waals surface area contributed by atoms with Crippen LogP contribution < -0.4 is 5.32 Å². The van der Waals surface area contributed by atoms with Crippen molar-refractivity contribution in [3.63, 3.8) is 0 Å². The molecular weight excluding hydrogens is 510 g/mol. The van der Waals surface area contributed by atoms with Gasteiger partial charge >= 0.3 is 12.1 Å². The summed E-state index contributed by atoms with van der Waals surface area (Å²) in [5, 5.41) is 34.3. The Kier molecular flexibility index (Phi) is 14.9. The fraction of sp³-hybridized carbons (Fsp3) is 0.812. The summed E-state index contributed by atoms with van der Waals surface area (Å²) in [6.07, 6.45) is 3.22. The van der Waals surface area contributed by atoms with E-state index in [-0.39, 0.29) is 42.1 Å². The zero-order valence-corrected chi connectivity index (χ0v) is 26.6. The number of hydrogen-bond donors (Lipinski definition) is 4. The number of rotatable bonds is 14. The number of nitrogens with one attached hydrogen (secondary N) is 1. The second kappa shape index (κ2) is 16.5. The monoisotopic (exact) mass is 567 g/mol. The summed E-state index contributed by atoms with van der Waals surface area (Å²) in [6.45, 7) is 20.2. The van der Waals surface area contributed by atoms with E-state index in [1.54, 1.807) is 26.1 Å². The SMILES string of the molecule is CNC(=O)O[C@@H](C(C)C)[C@@H](C)[C@@H](C)[C@@H](C)C/C(C)=C\[C@H](C)[C@@H](O)[C@@H](C)/C=C/[C@H](O)CC1OC(=O)[C@H](C)[C@@H](O)[C@H]1C. The molecule has 40 heavy (non-hydrogen) atoms. The Hall–Kier alpha value is -1.90. The molecular formula is C32H57NO7. The minimum Gasteiger partial charge on any atom is -0.462 e. The largest absolute Gasteiger partial charge is 0.462 e. The number of aliphatic hydroxyl groups is 3. The van der Waals surface area contributed by atoms with E-state index in [1.165, 1.54) is 5.57 Å². The van der Waals surface area contributed by atoms with Crippen LogP contribution in [-0.4, -0.2) is 64.9 Å². The van der Waals surface area contributed by atoms with Gasteiger partial charge in [-0.25, -0.2) is 4.79 Å². The van der Waals surface area contributed by atoms with E-state index in [1.807, 2.05) is 20.8 Å². The van der Waals surface area contributed by atoms with Crippen LogP contribution in [0.4, 0.5) is 4.79 Å². The molecule has 0 spiro atoms. The van der Waals surface area contributed by atoms with Crippen molar-refractivity contribution >= 4 is 12.1 Å². The maximum Gasteiger partial charge on any atom is 0.407 e. The van der Waals surface area contributed by atoms with Crippen molar-refractivity contribution in [1.29, 1.82) is 0 Å². The van der Waals surface area contributed by atoms with Crippen molar-refractivity contribution in [2.24, 2.45) is 47.3 Å².